The number of nitrogens with zero attached hydrogens (tertiary/aromatic N) is 1. The van der Waals surface area contributed by atoms with Crippen molar-refractivity contribution in [2.24, 2.45) is 0 Å². The number of para-hydroxylation sites is 1. The molecule has 1 heterocycles. The van der Waals surface area contributed by atoms with Crippen LogP contribution in [0.5, 0.6) is 0 Å². The van der Waals surface area contributed by atoms with E-state index < -0.39 is 0 Å². The van der Waals surface area contributed by atoms with Crippen LogP contribution < -0.4 is 0 Å². The summed E-state index contributed by atoms with van der Waals surface area (Å²) in [6, 6.07) is 12.4. The highest BCUT2D eigenvalue weighted by molar-refractivity contribution is 9.10. The molecule has 0 fully saturated rings. The lowest BCUT2D eigenvalue weighted by Crippen LogP contribution is -1.99. The predicted molar refractivity (Wildman–Crippen MR) is 80.5 cm³/mol. The van der Waals surface area contributed by atoms with Gasteiger partial charge >= 0.3 is 0 Å². The molecule has 20 heavy (non-hydrogen) atoms. The van der Waals surface area contributed by atoms with Crippen molar-refractivity contribution in [3.05, 3.63) is 70.1 Å². The van der Waals surface area contributed by atoms with Crippen molar-refractivity contribution in [2.75, 3.05) is 0 Å². The summed E-state index contributed by atoms with van der Waals surface area (Å²) in [6.07, 6.45) is 2.69. The van der Waals surface area contributed by atoms with E-state index in [0.717, 1.165) is 27.2 Å². The van der Waals surface area contributed by atoms with Crippen LogP contribution in [0.4, 0.5) is 4.39 Å². The van der Waals surface area contributed by atoms with Crippen LogP contribution in [0.3, 0.4) is 0 Å². The summed E-state index contributed by atoms with van der Waals surface area (Å²) in [5, 5.41) is 0.931. The van der Waals surface area contributed by atoms with Crippen LogP contribution in [-0.4, -0.2) is 10.9 Å². The van der Waals surface area contributed by atoms with Crippen LogP contribution in [0, 0.1) is 5.82 Å². The zero-order valence-electron chi connectivity index (χ0n) is 10.5. The quantitative estimate of drug-likeness (QED) is 0.652. The number of aldehydes is 1. The third kappa shape index (κ3) is 2.27. The summed E-state index contributed by atoms with van der Waals surface area (Å²) >= 11 is 3.37. The molecule has 4 heteroatoms. The number of benzene rings is 2. The molecule has 1 aromatic heterocycles. The zero-order chi connectivity index (χ0) is 14.1. The molecule has 0 aliphatic heterocycles. The van der Waals surface area contributed by atoms with E-state index in [1.165, 1.54) is 12.1 Å². The first-order chi connectivity index (χ1) is 9.69. The highest BCUT2D eigenvalue weighted by atomic mass is 79.9. The first-order valence-corrected chi connectivity index (χ1v) is 6.95. The van der Waals surface area contributed by atoms with Crippen molar-refractivity contribution in [3.8, 4) is 0 Å². The van der Waals surface area contributed by atoms with Crippen molar-refractivity contribution in [3.63, 3.8) is 0 Å². The van der Waals surface area contributed by atoms with Crippen LogP contribution in [-0.2, 0) is 6.54 Å². The Morgan fingerprint density at radius 3 is 2.75 bits per heavy atom. The molecule has 0 aliphatic rings. The number of rotatable bonds is 3. The molecule has 0 amide bonds. The second-order valence-electron chi connectivity index (χ2n) is 4.58. The molecule has 2 nitrogen and oxygen atoms in total. The maximum Gasteiger partial charge on any atom is 0.152 e. The van der Waals surface area contributed by atoms with Gasteiger partial charge in [-0.25, -0.2) is 4.39 Å². The van der Waals surface area contributed by atoms with Crippen molar-refractivity contribution in [1.82, 2.24) is 4.57 Å². The van der Waals surface area contributed by atoms with Gasteiger partial charge in [0.05, 0.1) is 0 Å². The first-order valence-electron chi connectivity index (χ1n) is 6.16. The number of aromatic nitrogens is 1. The van der Waals surface area contributed by atoms with Gasteiger partial charge in [0.1, 0.15) is 5.82 Å². The smallest absolute Gasteiger partial charge is 0.152 e. The lowest BCUT2D eigenvalue weighted by atomic mass is 10.2. The second-order valence-corrected chi connectivity index (χ2v) is 5.44. The largest absolute Gasteiger partial charge is 0.342 e. The van der Waals surface area contributed by atoms with Gasteiger partial charge in [0.2, 0.25) is 0 Å². The Bertz CT molecular complexity index is 794. The number of carbonyl (C=O) groups excluding carboxylic acids is 1. The van der Waals surface area contributed by atoms with E-state index in [2.05, 4.69) is 15.9 Å². The first kappa shape index (κ1) is 13.1. The standard InChI is InChI=1S/C16H11BrFNO/c17-15-7-13(18)6-5-11(15)8-19-9-12(10-20)14-3-1-2-4-16(14)19/h1-7,9-10H,8H2. The molecule has 0 aliphatic carbocycles. The number of hydrogen-bond donors (Lipinski definition) is 0. The van der Waals surface area contributed by atoms with Crippen LogP contribution in [0.15, 0.2) is 53.1 Å². The molecule has 0 spiro atoms. The lowest BCUT2D eigenvalue weighted by Gasteiger charge is -2.07. The van der Waals surface area contributed by atoms with Gasteiger partial charge in [-0.2, -0.15) is 0 Å². The van der Waals surface area contributed by atoms with Gasteiger partial charge in [-0.15, -0.1) is 0 Å². The second kappa shape index (κ2) is 5.21. The maximum absolute atomic E-state index is 13.1. The molecule has 3 aromatic rings. The fourth-order valence-corrected chi connectivity index (χ4v) is 2.81. The van der Waals surface area contributed by atoms with E-state index in [9.17, 15) is 9.18 Å². The third-order valence-corrected chi connectivity index (χ3v) is 4.04. The summed E-state index contributed by atoms with van der Waals surface area (Å²) in [7, 11) is 0. The van der Waals surface area contributed by atoms with E-state index in [1.807, 2.05) is 35.0 Å². The summed E-state index contributed by atoms with van der Waals surface area (Å²) < 4.78 is 15.8. The Morgan fingerprint density at radius 1 is 1.20 bits per heavy atom. The van der Waals surface area contributed by atoms with Crippen LogP contribution in [0.1, 0.15) is 15.9 Å². The molecule has 100 valence electrons. The van der Waals surface area contributed by atoms with Crippen LogP contribution >= 0.6 is 15.9 Å². The lowest BCUT2D eigenvalue weighted by molar-refractivity contribution is 0.112. The third-order valence-electron chi connectivity index (χ3n) is 3.30. The molecule has 0 radical (unpaired) electrons. The number of carbonyl (C=O) groups is 1. The molecule has 0 unspecified atom stereocenters. The topological polar surface area (TPSA) is 22.0 Å². The summed E-state index contributed by atoms with van der Waals surface area (Å²) in [5.74, 6) is -0.272. The van der Waals surface area contributed by atoms with Gasteiger partial charge in [0.15, 0.2) is 6.29 Å². The Balaban J connectivity index is 2.09. The van der Waals surface area contributed by atoms with E-state index in [1.54, 1.807) is 6.07 Å². The molecule has 0 bridgehead atoms. The number of fused-ring (bicyclic) bond motifs is 1. The highest BCUT2D eigenvalue weighted by Crippen LogP contribution is 2.24. The Kier molecular flexibility index (Phi) is 3.40. The minimum absolute atomic E-state index is 0.272. The minimum Gasteiger partial charge on any atom is -0.342 e. The normalized spacial score (nSPS) is 10.9. The number of hydrogen-bond acceptors (Lipinski definition) is 1. The average molecular weight is 332 g/mol. The maximum atomic E-state index is 13.1. The van der Waals surface area contributed by atoms with E-state index in [-0.39, 0.29) is 5.82 Å². The monoisotopic (exact) mass is 331 g/mol. The summed E-state index contributed by atoms with van der Waals surface area (Å²) in [4.78, 5) is 11.1. The highest BCUT2D eigenvalue weighted by Gasteiger charge is 2.09. The summed E-state index contributed by atoms with van der Waals surface area (Å²) in [6.45, 7) is 0.579. The Morgan fingerprint density at radius 2 is 2.00 bits per heavy atom. The molecular weight excluding hydrogens is 321 g/mol. The van der Waals surface area contributed by atoms with Crippen molar-refractivity contribution in [1.29, 1.82) is 0 Å². The SMILES string of the molecule is O=Cc1cn(Cc2ccc(F)cc2Br)c2ccccc12. The Hall–Kier alpha value is -1.94. The zero-order valence-corrected chi connectivity index (χ0v) is 12.1. The molecule has 0 saturated heterocycles. The molecular formula is C16H11BrFNO. The molecule has 0 N–H and O–H groups in total. The molecule has 3 rings (SSSR count). The predicted octanol–water partition coefficient (Wildman–Crippen LogP) is 4.40. The molecule has 0 saturated carbocycles. The van der Waals surface area contributed by atoms with Gasteiger partial charge < -0.3 is 4.57 Å². The van der Waals surface area contributed by atoms with E-state index in [4.69, 9.17) is 0 Å². The fraction of sp³-hybridized carbons (Fsp3) is 0.0625. The van der Waals surface area contributed by atoms with E-state index >= 15 is 0 Å². The van der Waals surface area contributed by atoms with Gasteiger partial charge in [0.25, 0.3) is 0 Å². The van der Waals surface area contributed by atoms with Gasteiger partial charge in [0, 0.05) is 33.7 Å². The average Bonchev–Trinajstić information content (AvgIpc) is 2.80. The Labute approximate surface area is 124 Å². The van der Waals surface area contributed by atoms with E-state index in [0.29, 0.717) is 12.1 Å². The fourth-order valence-electron chi connectivity index (χ4n) is 2.33. The summed E-state index contributed by atoms with van der Waals surface area (Å²) in [5.41, 5.74) is 2.62. The van der Waals surface area contributed by atoms with Crippen molar-refractivity contribution < 1.29 is 9.18 Å². The van der Waals surface area contributed by atoms with Gasteiger partial charge in [-0.05, 0) is 23.8 Å². The van der Waals surface area contributed by atoms with Crippen molar-refractivity contribution >= 4 is 33.1 Å². The number of halogens is 2. The van der Waals surface area contributed by atoms with Gasteiger partial charge in [-0.3, -0.25) is 4.79 Å². The van der Waals surface area contributed by atoms with Gasteiger partial charge in [-0.1, -0.05) is 40.2 Å². The molecule has 2 aromatic carbocycles. The van der Waals surface area contributed by atoms with Crippen LogP contribution in [0.2, 0.25) is 0 Å². The molecule has 0 atom stereocenters. The van der Waals surface area contributed by atoms with Crippen molar-refractivity contribution in [2.45, 2.75) is 6.54 Å². The minimum atomic E-state index is -0.272. The van der Waals surface area contributed by atoms with Crippen LogP contribution in [0.25, 0.3) is 10.9 Å².